The number of aliphatic carboxylic acids is 1. The zero-order valence-corrected chi connectivity index (χ0v) is 11.5. The second-order valence-corrected chi connectivity index (χ2v) is 5.47. The minimum absolute atomic E-state index is 0.111. The maximum absolute atomic E-state index is 11.0. The lowest BCUT2D eigenvalue weighted by molar-refractivity contribution is -0.138. The van der Waals surface area contributed by atoms with Crippen LogP contribution in [0.5, 0.6) is 0 Å². The lowest BCUT2D eigenvalue weighted by Gasteiger charge is -2.21. The number of fused-ring (bicyclic) bond motifs is 1. The van der Waals surface area contributed by atoms with Gasteiger partial charge in [0.05, 0.1) is 12.1 Å². The van der Waals surface area contributed by atoms with Gasteiger partial charge in [-0.2, -0.15) is 0 Å². The van der Waals surface area contributed by atoms with Crippen molar-refractivity contribution in [3.63, 3.8) is 0 Å². The van der Waals surface area contributed by atoms with Gasteiger partial charge in [0.1, 0.15) is 0 Å². The molecule has 0 unspecified atom stereocenters. The zero-order chi connectivity index (χ0) is 14.1. The van der Waals surface area contributed by atoms with Crippen LogP contribution in [0.15, 0.2) is 30.3 Å². The van der Waals surface area contributed by atoms with Gasteiger partial charge in [0.2, 0.25) is 0 Å². The highest BCUT2D eigenvalue weighted by molar-refractivity contribution is 5.82. The van der Waals surface area contributed by atoms with E-state index in [4.69, 9.17) is 5.11 Å². The van der Waals surface area contributed by atoms with Crippen LogP contribution in [0.3, 0.4) is 0 Å². The summed E-state index contributed by atoms with van der Waals surface area (Å²) in [5.41, 5.74) is 3.12. The van der Waals surface area contributed by atoms with E-state index in [1.54, 1.807) is 0 Å². The Hall–Kier alpha value is -1.94. The number of para-hydroxylation sites is 1. The largest absolute Gasteiger partial charge is 0.480 e. The van der Waals surface area contributed by atoms with Crippen LogP contribution in [0.4, 0.5) is 0 Å². The zero-order valence-electron chi connectivity index (χ0n) is 11.5. The molecule has 3 rings (SSSR count). The summed E-state index contributed by atoms with van der Waals surface area (Å²) in [5.74, 6) is -0.757. The Bertz CT molecular complexity index is 650. The molecular weight excluding hydrogens is 252 g/mol. The van der Waals surface area contributed by atoms with Crippen LogP contribution in [0.25, 0.3) is 10.9 Å². The van der Waals surface area contributed by atoms with Crippen LogP contribution in [-0.4, -0.2) is 33.5 Å². The van der Waals surface area contributed by atoms with Gasteiger partial charge < -0.3 is 5.11 Å². The molecule has 1 N–H and O–H groups in total. The third-order valence-electron chi connectivity index (χ3n) is 3.70. The molecule has 1 aromatic carbocycles. The van der Waals surface area contributed by atoms with Crippen LogP contribution in [0.1, 0.15) is 24.1 Å². The molecule has 4 nitrogen and oxygen atoms in total. The van der Waals surface area contributed by atoms with Crippen molar-refractivity contribution in [3.8, 4) is 0 Å². The number of pyridine rings is 1. The van der Waals surface area contributed by atoms with E-state index in [1.165, 1.54) is 5.56 Å². The first kappa shape index (κ1) is 13.1. The summed E-state index contributed by atoms with van der Waals surface area (Å²) in [7, 11) is 0. The van der Waals surface area contributed by atoms with E-state index in [-0.39, 0.29) is 6.54 Å². The Morgan fingerprint density at radius 2 is 2.15 bits per heavy atom. The normalized spacial score (nSPS) is 14.9. The summed E-state index contributed by atoms with van der Waals surface area (Å²) in [6.45, 7) is 2.77. The Kier molecular flexibility index (Phi) is 3.40. The minimum Gasteiger partial charge on any atom is -0.480 e. The number of aryl methyl sites for hydroxylation is 1. The molecule has 0 saturated heterocycles. The second-order valence-electron chi connectivity index (χ2n) is 5.47. The second kappa shape index (κ2) is 5.21. The summed E-state index contributed by atoms with van der Waals surface area (Å²) in [6.07, 6.45) is 2.21. The van der Waals surface area contributed by atoms with Crippen molar-refractivity contribution < 1.29 is 9.90 Å². The average molecular weight is 270 g/mol. The summed E-state index contributed by atoms with van der Waals surface area (Å²) in [6, 6.07) is 10.5. The fourth-order valence-electron chi connectivity index (χ4n) is 2.67. The molecule has 0 amide bonds. The third kappa shape index (κ3) is 2.80. The fraction of sp³-hybridized carbons (Fsp3) is 0.375. The van der Waals surface area contributed by atoms with Crippen molar-refractivity contribution in [2.75, 3.05) is 6.54 Å². The molecule has 20 heavy (non-hydrogen) atoms. The number of aromatic nitrogens is 1. The van der Waals surface area contributed by atoms with Gasteiger partial charge in [-0.1, -0.05) is 18.2 Å². The van der Waals surface area contributed by atoms with E-state index in [0.717, 1.165) is 29.4 Å². The molecule has 0 aliphatic heterocycles. The molecule has 4 heteroatoms. The lowest BCUT2D eigenvalue weighted by atomic mass is 10.1. The Morgan fingerprint density at radius 1 is 1.40 bits per heavy atom. The van der Waals surface area contributed by atoms with Gasteiger partial charge in [-0.3, -0.25) is 14.7 Å². The first-order valence-electron chi connectivity index (χ1n) is 6.94. The summed E-state index contributed by atoms with van der Waals surface area (Å²) >= 11 is 0. The summed E-state index contributed by atoms with van der Waals surface area (Å²) in [5, 5.41) is 10.2. The first-order chi connectivity index (χ1) is 9.63. The number of hydrogen-bond acceptors (Lipinski definition) is 3. The molecule has 1 aliphatic rings. The monoisotopic (exact) mass is 270 g/mol. The number of benzene rings is 1. The predicted octanol–water partition coefficient (Wildman–Crippen LogP) is 2.59. The number of nitrogens with zero attached hydrogens (tertiary/aromatic N) is 2. The van der Waals surface area contributed by atoms with Crippen molar-refractivity contribution >= 4 is 16.9 Å². The Morgan fingerprint density at radius 3 is 2.85 bits per heavy atom. The summed E-state index contributed by atoms with van der Waals surface area (Å²) in [4.78, 5) is 17.6. The van der Waals surface area contributed by atoms with Crippen LogP contribution in [0.2, 0.25) is 0 Å². The highest BCUT2D eigenvalue weighted by Gasteiger charge is 2.30. The standard InChI is InChI=1S/C16H18N2O2/c1-11-8-12(14-4-2-3-5-15(14)17-11)9-18(10-16(19)20)13-6-7-13/h2-5,8,13H,6-7,9-10H2,1H3,(H,19,20). The van der Waals surface area contributed by atoms with Gasteiger partial charge in [0.25, 0.3) is 0 Å². The van der Waals surface area contributed by atoms with E-state index in [2.05, 4.69) is 22.0 Å². The van der Waals surface area contributed by atoms with Gasteiger partial charge in [0, 0.05) is 23.7 Å². The molecular formula is C16H18N2O2. The van der Waals surface area contributed by atoms with E-state index in [9.17, 15) is 4.79 Å². The number of carboxylic acids is 1. The van der Waals surface area contributed by atoms with E-state index in [1.807, 2.05) is 25.1 Å². The molecule has 1 aromatic heterocycles. The van der Waals surface area contributed by atoms with Crippen molar-refractivity contribution in [1.82, 2.24) is 9.88 Å². The molecule has 104 valence electrons. The van der Waals surface area contributed by atoms with Crippen molar-refractivity contribution in [2.24, 2.45) is 0 Å². The summed E-state index contributed by atoms with van der Waals surface area (Å²) < 4.78 is 0. The molecule has 1 aliphatic carbocycles. The molecule has 0 atom stereocenters. The molecule has 2 aromatic rings. The smallest absolute Gasteiger partial charge is 0.317 e. The van der Waals surface area contributed by atoms with Gasteiger partial charge in [0.15, 0.2) is 0 Å². The van der Waals surface area contributed by atoms with Crippen LogP contribution >= 0.6 is 0 Å². The number of carboxylic acid groups (broad SMARTS) is 1. The van der Waals surface area contributed by atoms with Crippen LogP contribution < -0.4 is 0 Å². The van der Waals surface area contributed by atoms with Gasteiger partial charge >= 0.3 is 5.97 Å². The Balaban J connectivity index is 1.94. The highest BCUT2D eigenvalue weighted by Crippen LogP contribution is 2.29. The topological polar surface area (TPSA) is 53.4 Å². The molecule has 1 saturated carbocycles. The first-order valence-corrected chi connectivity index (χ1v) is 6.94. The molecule has 1 heterocycles. The highest BCUT2D eigenvalue weighted by atomic mass is 16.4. The average Bonchev–Trinajstić information content (AvgIpc) is 3.21. The SMILES string of the molecule is Cc1cc(CN(CC(=O)O)C2CC2)c2ccccc2n1. The maximum atomic E-state index is 11.0. The van der Waals surface area contributed by atoms with Crippen molar-refractivity contribution in [3.05, 3.63) is 41.6 Å². The number of hydrogen-bond donors (Lipinski definition) is 1. The number of carbonyl (C=O) groups is 1. The third-order valence-corrected chi connectivity index (χ3v) is 3.70. The fourth-order valence-corrected chi connectivity index (χ4v) is 2.67. The minimum atomic E-state index is -0.757. The van der Waals surface area contributed by atoms with Crippen LogP contribution in [0, 0.1) is 6.92 Å². The van der Waals surface area contributed by atoms with Gasteiger partial charge in [-0.15, -0.1) is 0 Å². The van der Waals surface area contributed by atoms with E-state index < -0.39 is 5.97 Å². The van der Waals surface area contributed by atoms with E-state index in [0.29, 0.717) is 12.6 Å². The van der Waals surface area contributed by atoms with Crippen molar-refractivity contribution in [1.29, 1.82) is 0 Å². The Labute approximate surface area is 118 Å². The van der Waals surface area contributed by atoms with E-state index >= 15 is 0 Å². The van der Waals surface area contributed by atoms with Crippen molar-refractivity contribution in [2.45, 2.75) is 32.4 Å². The molecule has 1 fully saturated rings. The predicted molar refractivity (Wildman–Crippen MR) is 77.5 cm³/mol. The molecule has 0 spiro atoms. The number of rotatable bonds is 5. The molecule has 0 radical (unpaired) electrons. The lowest BCUT2D eigenvalue weighted by Crippen LogP contribution is -2.31. The van der Waals surface area contributed by atoms with Gasteiger partial charge in [-0.25, -0.2) is 0 Å². The molecule has 0 bridgehead atoms. The van der Waals surface area contributed by atoms with Gasteiger partial charge in [-0.05, 0) is 37.5 Å². The van der Waals surface area contributed by atoms with Crippen LogP contribution in [-0.2, 0) is 11.3 Å². The maximum Gasteiger partial charge on any atom is 0.317 e. The quantitative estimate of drug-likeness (QED) is 0.907.